The maximum absolute atomic E-state index is 14.0. The standard InChI is InChI=1S/C85H119ClN26O26/c1-10-52(107-84(137)73(88)43(5)6)77(130)98-38-69(124)105-56(24-48-28-90-53-20-19-49(86)25-51(48)53)81(134)104-45(8)76(129)108-54(22-42(3)4)78(131)97-32-66(121)95-39-71(126)111-21-15-18-58(111)82(135)100-33-65(120)94-36-70(125)110-74(46(9)113)85(138)102-40-72(127)112-41-50(114)26-59(112)83(136)101-34-64(119)92-29-62(117)91-30-63(118)93-35-68(123)106-57(27-60(87)115)80(133)99-37-67(122)103-44(7)75(128)109-55(23-47-16-13-12-14-17-47)79(132)96-31-61(116)89-11-2/h10-14,16-17,19-20,25,28,42-44,46,50,54-59,73-74,90,113-114H,2,8,15,18,21-24,26-27,29-41,88H2,1,3-7,9H3,(H2,87,115)(H,89,116)(H,91,117)(H,92,119)(H,93,118)(H,94,120)(H,95,121)(H,96,132)(H,97,131)(H,98,130)(H,99,133)(H,100,135)(H,101,136)(H,102,138)(H,103,122)(H,104,134)(H,105,124)(H,106,123)(H,107,137)(H,108,129)(H,109,128)(H,110,125)/b52-10+. The highest BCUT2D eigenvalue weighted by Gasteiger charge is 2.41. The van der Waals surface area contributed by atoms with Crippen molar-refractivity contribution >= 4 is 164 Å². The van der Waals surface area contributed by atoms with Gasteiger partial charge in [-0.05, 0) is 87.4 Å². The number of hydrogen-bond donors (Lipinski definition) is 26. The molecule has 3 aromatic rings. The summed E-state index contributed by atoms with van der Waals surface area (Å²) < 4.78 is 0. The quantitative estimate of drug-likeness (QED) is 0.0233. The van der Waals surface area contributed by atoms with E-state index in [4.69, 9.17) is 23.1 Å². The van der Waals surface area contributed by atoms with E-state index in [1.807, 2.05) is 0 Å². The summed E-state index contributed by atoms with van der Waals surface area (Å²) in [5.74, 6) is -22.3. The maximum Gasteiger partial charge on any atom is 0.267 e. The Morgan fingerprint density at radius 1 is 0.507 bits per heavy atom. The van der Waals surface area contributed by atoms with E-state index < -0.39 is 306 Å². The Morgan fingerprint density at radius 3 is 1.56 bits per heavy atom. The number of aliphatic hydroxyl groups is 2. The third-order valence-electron chi connectivity index (χ3n) is 20.5. The number of rotatable bonds is 54. The number of carbonyl (C=O) groups excluding carboxylic acids is 24. The molecule has 0 bridgehead atoms. The number of hydrogen-bond acceptors (Lipinski definition) is 27. The van der Waals surface area contributed by atoms with Gasteiger partial charge in [-0.1, -0.05) is 88.9 Å². The van der Waals surface area contributed by atoms with Crippen LogP contribution in [-0.4, -0.2) is 325 Å². The summed E-state index contributed by atoms with van der Waals surface area (Å²) in [6.45, 7) is 8.49. The Morgan fingerprint density at radius 2 is 0.993 bits per heavy atom. The van der Waals surface area contributed by atoms with Gasteiger partial charge >= 0.3 is 0 Å². The van der Waals surface area contributed by atoms with Gasteiger partial charge in [0.25, 0.3) is 11.8 Å². The van der Waals surface area contributed by atoms with Crippen LogP contribution in [0.4, 0.5) is 0 Å². The normalized spacial score (nSPS) is 15.4. The first kappa shape index (κ1) is 113. The lowest BCUT2D eigenvalue weighted by atomic mass is 10.0. The van der Waals surface area contributed by atoms with Crippen LogP contribution in [0.3, 0.4) is 0 Å². The molecule has 0 saturated carbocycles. The number of fused-ring (bicyclic) bond motifs is 1. The number of nitrogens with two attached hydrogens (primary N) is 2. The van der Waals surface area contributed by atoms with Gasteiger partial charge in [0.05, 0.1) is 109 Å². The van der Waals surface area contributed by atoms with Crippen LogP contribution in [0.15, 0.2) is 91.6 Å². The van der Waals surface area contributed by atoms with Crippen LogP contribution in [0.2, 0.25) is 5.02 Å². The molecule has 2 aliphatic heterocycles. The van der Waals surface area contributed by atoms with Crippen LogP contribution in [0.5, 0.6) is 0 Å². The lowest BCUT2D eigenvalue weighted by Crippen LogP contribution is -2.56. The second-order valence-corrected chi connectivity index (χ2v) is 32.8. The largest absolute Gasteiger partial charge is 0.391 e. The monoisotopic (exact) mass is 1950 g/mol. The van der Waals surface area contributed by atoms with Crippen LogP contribution < -0.4 is 123 Å². The second kappa shape index (κ2) is 56.7. The van der Waals surface area contributed by atoms with E-state index in [2.05, 4.69) is 130 Å². The fourth-order valence-corrected chi connectivity index (χ4v) is 13.4. The summed E-state index contributed by atoms with van der Waals surface area (Å²) in [4.78, 5) is 317. The minimum Gasteiger partial charge on any atom is -0.391 e. The van der Waals surface area contributed by atoms with Crippen LogP contribution in [0.25, 0.3) is 10.9 Å². The molecule has 138 heavy (non-hydrogen) atoms. The van der Waals surface area contributed by atoms with Crippen LogP contribution in [-0.2, 0) is 128 Å². The average Bonchev–Trinajstić information content (AvgIpc) is 1.64. The topological polar surface area (TPSA) is 777 Å². The van der Waals surface area contributed by atoms with E-state index in [0.29, 0.717) is 33.5 Å². The van der Waals surface area contributed by atoms with E-state index >= 15 is 0 Å². The van der Waals surface area contributed by atoms with Crippen molar-refractivity contribution in [2.45, 2.75) is 160 Å². The van der Waals surface area contributed by atoms with E-state index in [0.717, 1.165) is 22.9 Å². The highest BCUT2D eigenvalue weighted by atomic mass is 35.5. The summed E-state index contributed by atoms with van der Waals surface area (Å²) in [7, 11) is 0. The number of aromatic amines is 1. The molecule has 5 rings (SSSR count). The Hall–Kier alpha value is -15.4. The van der Waals surface area contributed by atoms with Crippen molar-refractivity contribution in [2.75, 3.05) is 91.6 Å². The Balaban J connectivity index is 0.979. The highest BCUT2D eigenvalue weighted by molar-refractivity contribution is 6.31. The van der Waals surface area contributed by atoms with Gasteiger partial charge in [-0.3, -0.25) is 115 Å². The molecule has 11 atom stereocenters. The summed E-state index contributed by atoms with van der Waals surface area (Å²) in [6.07, 6.45) is 0.212. The lowest BCUT2D eigenvalue weighted by Gasteiger charge is -2.25. The van der Waals surface area contributed by atoms with Gasteiger partial charge in [0.1, 0.15) is 54.0 Å². The van der Waals surface area contributed by atoms with Crippen molar-refractivity contribution in [3.8, 4) is 0 Å². The Bertz CT molecular complexity index is 5070. The van der Waals surface area contributed by atoms with Crippen molar-refractivity contribution in [3.63, 3.8) is 0 Å². The number of carbonyl (C=O) groups is 24. The van der Waals surface area contributed by atoms with Crippen molar-refractivity contribution < 1.29 is 125 Å². The molecule has 52 nitrogen and oxygen atoms in total. The zero-order valence-electron chi connectivity index (χ0n) is 76.7. The van der Waals surface area contributed by atoms with Crippen molar-refractivity contribution in [2.24, 2.45) is 23.3 Å². The third-order valence-corrected chi connectivity index (χ3v) is 20.8. The first-order valence-electron chi connectivity index (χ1n) is 43.4. The number of allylic oxidation sites excluding steroid dienone is 1. The van der Waals surface area contributed by atoms with Crippen LogP contribution in [0, 0.1) is 11.8 Å². The van der Waals surface area contributed by atoms with E-state index in [9.17, 15) is 125 Å². The predicted molar refractivity (Wildman–Crippen MR) is 487 cm³/mol. The molecule has 0 aliphatic carbocycles. The van der Waals surface area contributed by atoms with Gasteiger partial charge in [-0.25, -0.2) is 0 Å². The molecule has 2 aliphatic rings. The summed E-state index contributed by atoms with van der Waals surface area (Å²) in [5.41, 5.74) is 12.2. The SMILES string of the molecule is C=CNC(=O)CNC(=O)C(Cc1ccccc1)NC(=O)C(C)NC(=O)CNC(=O)C(CC(N)=O)NC(=O)CNC(=O)CNC(=O)CNC(=O)CNC(=O)C1CC(O)CN1C(=O)CNC(=O)C(NC(=O)CNC(=O)CNC(=O)C1CCCN1C(=O)CNC(=O)CNC(=O)C(CC(C)C)NC(=O)C(=C)NC(=O)C(Cc1c[nH]c2ccc(Cl)cc12)NC(=O)CNC(=O)/C(=C\C)NC(=O)C(N)C(C)C)C(C)O. The van der Waals surface area contributed by atoms with Gasteiger partial charge in [0.15, 0.2) is 0 Å². The number of benzene rings is 2. The average molecular weight is 1960 g/mol. The first-order valence-corrected chi connectivity index (χ1v) is 43.8. The van der Waals surface area contributed by atoms with Crippen molar-refractivity contribution in [1.29, 1.82) is 0 Å². The molecule has 11 unspecified atom stereocenters. The number of amides is 24. The highest BCUT2D eigenvalue weighted by Crippen LogP contribution is 2.25. The van der Waals surface area contributed by atoms with Gasteiger partial charge in [-0.2, -0.15) is 0 Å². The Kier molecular flexibility index (Phi) is 46.5. The van der Waals surface area contributed by atoms with Crippen LogP contribution in [0.1, 0.15) is 91.7 Å². The fourth-order valence-electron chi connectivity index (χ4n) is 13.2. The van der Waals surface area contributed by atoms with Crippen molar-refractivity contribution in [3.05, 3.63) is 108 Å². The molecule has 24 amide bonds. The number of aliphatic hydroxyl groups excluding tert-OH is 2. The molecule has 3 heterocycles. The number of nitrogens with zero attached hydrogens (tertiary/aromatic N) is 2. The zero-order chi connectivity index (χ0) is 103. The summed E-state index contributed by atoms with van der Waals surface area (Å²) in [5, 5.41) is 70.3. The number of halogens is 1. The number of primary amides is 1. The van der Waals surface area contributed by atoms with Crippen LogP contribution >= 0.6 is 11.6 Å². The van der Waals surface area contributed by atoms with E-state index in [1.54, 1.807) is 82.4 Å². The minimum atomic E-state index is -1.76. The minimum absolute atomic E-state index is 0.000480. The zero-order valence-corrected chi connectivity index (χ0v) is 77.5. The summed E-state index contributed by atoms with van der Waals surface area (Å²) >= 11 is 6.28. The smallest absolute Gasteiger partial charge is 0.267 e. The molecular formula is C85H119ClN26O26. The molecule has 53 heteroatoms. The Labute approximate surface area is 795 Å². The fraction of sp³-hybridized carbons (Fsp3) is 0.482. The first-order chi connectivity index (χ1) is 65.2. The molecule has 0 spiro atoms. The molecule has 1 aromatic heterocycles. The lowest BCUT2D eigenvalue weighted by molar-refractivity contribution is -0.139. The maximum atomic E-state index is 14.0. The number of β-amino-alcohol motifs (C(OH)–C–C–N with tert-alkyl or cyclic N) is 1. The van der Waals surface area contributed by atoms with Gasteiger partial charge in [0, 0.05) is 54.5 Å². The molecule has 2 fully saturated rings. The third kappa shape index (κ3) is 39.3. The molecule has 0 radical (unpaired) electrons. The number of likely N-dealkylation sites (tertiary alicyclic amines) is 2. The van der Waals surface area contributed by atoms with Gasteiger partial charge in [0.2, 0.25) is 130 Å². The molecule has 752 valence electrons. The van der Waals surface area contributed by atoms with E-state index in [1.165, 1.54) is 19.9 Å². The number of nitrogens with one attached hydrogen (secondary N) is 22. The van der Waals surface area contributed by atoms with Gasteiger partial charge < -0.3 is 148 Å². The van der Waals surface area contributed by atoms with Crippen molar-refractivity contribution in [1.82, 2.24) is 126 Å². The number of aromatic nitrogens is 1. The predicted octanol–water partition coefficient (Wildman–Crippen LogP) is -11.9. The van der Waals surface area contributed by atoms with E-state index in [-0.39, 0.29) is 56.2 Å². The molecule has 2 saturated heterocycles. The molecule has 28 N–H and O–H groups in total. The van der Waals surface area contributed by atoms with Gasteiger partial charge in [-0.15, -0.1) is 0 Å². The molecular weight excluding hydrogens is 1840 g/mol. The second-order valence-electron chi connectivity index (χ2n) is 32.4. The summed E-state index contributed by atoms with van der Waals surface area (Å²) in [6, 6.07) is 1.25. The number of H-pyrrole nitrogens is 1. The molecule has 2 aromatic carbocycles.